The molecule has 6 heteroatoms. The van der Waals surface area contributed by atoms with Gasteiger partial charge in [0.25, 0.3) is 0 Å². The van der Waals surface area contributed by atoms with E-state index in [2.05, 4.69) is 40.9 Å². The first-order chi connectivity index (χ1) is 11.6. The van der Waals surface area contributed by atoms with E-state index in [1.807, 2.05) is 23.1 Å². The highest BCUT2D eigenvalue weighted by Crippen LogP contribution is 2.17. The Kier molecular flexibility index (Phi) is 7.09. The fourth-order valence-electron chi connectivity index (χ4n) is 3.24. The van der Waals surface area contributed by atoms with Gasteiger partial charge in [0.15, 0.2) is 0 Å². The van der Waals surface area contributed by atoms with Gasteiger partial charge in [-0.3, -0.25) is 9.69 Å². The molecule has 1 aliphatic heterocycles. The van der Waals surface area contributed by atoms with Crippen molar-refractivity contribution in [1.29, 1.82) is 0 Å². The van der Waals surface area contributed by atoms with E-state index >= 15 is 0 Å². The molecule has 0 N–H and O–H groups in total. The van der Waals surface area contributed by atoms with Crippen LogP contribution in [0.3, 0.4) is 0 Å². The average molecular weight is 329 g/mol. The minimum atomic E-state index is 0.00470. The number of hydrogen-bond acceptors (Lipinski definition) is 3. The lowest BCUT2D eigenvalue weighted by atomic mass is 10.0. The van der Waals surface area contributed by atoms with Gasteiger partial charge >= 0.3 is 0 Å². The zero-order chi connectivity index (χ0) is 17.4. The summed E-state index contributed by atoms with van der Waals surface area (Å²) in [6, 6.07) is 10.3. The van der Waals surface area contributed by atoms with E-state index in [1.54, 1.807) is 0 Å². The second-order valence-electron chi connectivity index (χ2n) is 6.80. The standard InChI is InChI=1S/C18H27N5O/c1-15(2)12-17(13-20-21-19)23-11-10-22(9-8-18(23)24)14-16-6-4-3-5-7-16/h3-7,15,17H,8-14H2,1-2H3. The molecule has 130 valence electrons. The first-order valence-electron chi connectivity index (χ1n) is 8.66. The van der Waals surface area contributed by atoms with Crippen molar-refractivity contribution in [3.8, 4) is 0 Å². The number of nitrogens with zero attached hydrogens (tertiary/aromatic N) is 5. The number of rotatable bonds is 7. The normalized spacial score (nSPS) is 17.5. The number of carbonyl (C=O) groups excluding carboxylic acids is 1. The molecule has 0 saturated carbocycles. The van der Waals surface area contributed by atoms with Crippen LogP contribution in [0.4, 0.5) is 0 Å². The lowest BCUT2D eigenvalue weighted by molar-refractivity contribution is -0.132. The Labute approximate surface area is 144 Å². The summed E-state index contributed by atoms with van der Waals surface area (Å²) in [6.45, 7) is 7.82. The van der Waals surface area contributed by atoms with E-state index in [0.717, 1.165) is 26.1 Å². The molecule has 6 nitrogen and oxygen atoms in total. The summed E-state index contributed by atoms with van der Waals surface area (Å²) in [7, 11) is 0. The molecular formula is C18H27N5O. The Morgan fingerprint density at radius 1 is 1.21 bits per heavy atom. The summed E-state index contributed by atoms with van der Waals surface area (Å²) in [5.41, 5.74) is 9.89. The third kappa shape index (κ3) is 5.55. The van der Waals surface area contributed by atoms with Crippen LogP contribution in [0.15, 0.2) is 35.4 Å². The lowest BCUT2D eigenvalue weighted by Crippen LogP contribution is -2.43. The van der Waals surface area contributed by atoms with Gasteiger partial charge in [0, 0.05) is 50.1 Å². The minimum Gasteiger partial charge on any atom is -0.338 e. The Balaban J connectivity index is 2.01. The molecule has 0 radical (unpaired) electrons. The summed E-state index contributed by atoms with van der Waals surface area (Å²) in [5.74, 6) is 0.629. The molecule has 1 atom stereocenters. The fraction of sp³-hybridized carbons (Fsp3) is 0.611. The second-order valence-corrected chi connectivity index (χ2v) is 6.80. The molecule has 1 saturated heterocycles. The van der Waals surface area contributed by atoms with Crippen molar-refractivity contribution >= 4 is 5.91 Å². The van der Waals surface area contributed by atoms with Gasteiger partial charge in [-0.15, -0.1) is 0 Å². The zero-order valence-corrected chi connectivity index (χ0v) is 14.6. The molecule has 1 amide bonds. The number of azide groups is 1. The van der Waals surface area contributed by atoms with Crippen LogP contribution in [0.1, 0.15) is 32.3 Å². The topological polar surface area (TPSA) is 72.3 Å². The van der Waals surface area contributed by atoms with E-state index in [0.29, 0.717) is 25.4 Å². The van der Waals surface area contributed by atoms with Crippen LogP contribution in [0, 0.1) is 5.92 Å². The van der Waals surface area contributed by atoms with Crippen LogP contribution < -0.4 is 0 Å². The molecule has 2 rings (SSSR count). The number of hydrogen-bond donors (Lipinski definition) is 0. The Bertz CT molecular complexity index is 568. The van der Waals surface area contributed by atoms with E-state index in [4.69, 9.17) is 5.53 Å². The molecule has 0 aromatic heterocycles. The van der Waals surface area contributed by atoms with Crippen molar-refractivity contribution in [3.05, 3.63) is 46.3 Å². The third-order valence-corrected chi connectivity index (χ3v) is 4.41. The van der Waals surface area contributed by atoms with Crippen LogP contribution in [-0.2, 0) is 11.3 Å². The van der Waals surface area contributed by atoms with Gasteiger partial charge < -0.3 is 4.90 Å². The summed E-state index contributed by atoms with van der Waals surface area (Å²) >= 11 is 0. The first kappa shape index (κ1) is 18.3. The summed E-state index contributed by atoms with van der Waals surface area (Å²) < 4.78 is 0. The van der Waals surface area contributed by atoms with Crippen molar-refractivity contribution in [2.24, 2.45) is 11.0 Å². The van der Waals surface area contributed by atoms with Crippen LogP contribution in [0.2, 0.25) is 0 Å². The first-order valence-corrected chi connectivity index (χ1v) is 8.66. The summed E-state index contributed by atoms with van der Waals surface area (Å²) in [6.07, 6.45) is 1.39. The fourth-order valence-corrected chi connectivity index (χ4v) is 3.24. The highest BCUT2D eigenvalue weighted by Gasteiger charge is 2.27. The lowest BCUT2D eigenvalue weighted by Gasteiger charge is -2.31. The maximum absolute atomic E-state index is 12.6. The molecule has 0 bridgehead atoms. The van der Waals surface area contributed by atoms with Crippen molar-refractivity contribution in [1.82, 2.24) is 9.80 Å². The van der Waals surface area contributed by atoms with Crippen LogP contribution in [0.25, 0.3) is 10.4 Å². The van der Waals surface area contributed by atoms with E-state index in [9.17, 15) is 4.79 Å². The number of benzene rings is 1. The monoisotopic (exact) mass is 329 g/mol. The molecule has 24 heavy (non-hydrogen) atoms. The van der Waals surface area contributed by atoms with Crippen molar-refractivity contribution < 1.29 is 4.79 Å². The van der Waals surface area contributed by atoms with Gasteiger partial charge in [0.2, 0.25) is 5.91 Å². The summed E-state index contributed by atoms with van der Waals surface area (Å²) in [5, 5.41) is 3.73. The van der Waals surface area contributed by atoms with Crippen LogP contribution in [-0.4, -0.2) is 47.9 Å². The molecule has 1 aromatic rings. The maximum Gasteiger partial charge on any atom is 0.224 e. The molecule has 0 spiro atoms. The van der Waals surface area contributed by atoms with Crippen molar-refractivity contribution in [3.63, 3.8) is 0 Å². The zero-order valence-electron chi connectivity index (χ0n) is 14.6. The largest absolute Gasteiger partial charge is 0.338 e. The van der Waals surface area contributed by atoms with E-state index in [-0.39, 0.29) is 11.9 Å². The molecular weight excluding hydrogens is 302 g/mol. The van der Waals surface area contributed by atoms with Gasteiger partial charge in [-0.25, -0.2) is 0 Å². The quantitative estimate of drug-likeness (QED) is 0.436. The Hall–Kier alpha value is -2.04. The van der Waals surface area contributed by atoms with Crippen LogP contribution >= 0.6 is 0 Å². The molecule has 1 aliphatic rings. The minimum absolute atomic E-state index is 0.00470. The molecule has 1 heterocycles. The highest BCUT2D eigenvalue weighted by molar-refractivity contribution is 5.77. The SMILES string of the molecule is CC(C)CC(CN=[N+]=[N-])N1CCN(Cc2ccccc2)CCC1=O. The maximum atomic E-state index is 12.6. The van der Waals surface area contributed by atoms with Crippen molar-refractivity contribution in [2.45, 2.75) is 39.3 Å². The van der Waals surface area contributed by atoms with E-state index in [1.165, 1.54) is 5.56 Å². The van der Waals surface area contributed by atoms with Crippen molar-refractivity contribution in [2.75, 3.05) is 26.2 Å². The van der Waals surface area contributed by atoms with Gasteiger partial charge in [-0.05, 0) is 23.4 Å². The highest BCUT2D eigenvalue weighted by atomic mass is 16.2. The Morgan fingerprint density at radius 3 is 2.62 bits per heavy atom. The second kappa shape index (κ2) is 9.30. The number of amides is 1. The van der Waals surface area contributed by atoms with E-state index < -0.39 is 0 Å². The van der Waals surface area contributed by atoms with Gasteiger partial charge in [-0.1, -0.05) is 49.3 Å². The predicted molar refractivity (Wildman–Crippen MR) is 95.3 cm³/mol. The van der Waals surface area contributed by atoms with Gasteiger partial charge in [0.05, 0.1) is 0 Å². The van der Waals surface area contributed by atoms with Crippen LogP contribution in [0.5, 0.6) is 0 Å². The molecule has 1 unspecified atom stereocenters. The third-order valence-electron chi connectivity index (χ3n) is 4.41. The smallest absolute Gasteiger partial charge is 0.224 e. The molecule has 0 aliphatic carbocycles. The molecule has 1 fully saturated rings. The molecule has 1 aromatic carbocycles. The Morgan fingerprint density at radius 2 is 1.96 bits per heavy atom. The summed E-state index contributed by atoms with van der Waals surface area (Å²) in [4.78, 5) is 19.7. The van der Waals surface area contributed by atoms with Gasteiger partial charge in [0.1, 0.15) is 0 Å². The predicted octanol–water partition coefficient (Wildman–Crippen LogP) is 3.45. The van der Waals surface area contributed by atoms with Gasteiger partial charge in [-0.2, -0.15) is 0 Å². The average Bonchev–Trinajstić information content (AvgIpc) is 2.74. The number of carbonyl (C=O) groups is 1.